The minimum atomic E-state index is -0.255. The fraction of sp³-hybridized carbons (Fsp3) is 0.250. The SMILES string of the molecule is Cn1cnnc1-c1ccc(NC(=O)NCC2(c3ccc(F)cc3)CC2)cc1. The number of carbonyl (C=O) groups excluding carboxylic acids is 1. The number of benzene rings is 2. The normalized spacial score (nSPS) is 14.6. The molecule has 27 heavy (non-hydrogen) atoms. The van der Waals surface area contributed by atoms with Gasteiger partial charge in [0.1, 0.15) is 12.1 Å². The summed E-state index contributed by atoms with van der Waals surface area (Å²) in [5.74, 6) is 0.519. The first kappa shape index (κ1) is 17.2. The molecule has 138 valence electrons. The molecule has 0 radical (unpaired) electrons. The van der Waals surface area contributed by atoms with Gasteiger partial charge in [0.2, 0.25) is 0 Å². The van der Waals surface area contributed by atoms with E-state index in [1.165, 1.54) is 12.1 Å². The molecule has 2 amide bonds. The van der Waals surface area contributed by atoms with E-state index in [0.717, 1.165) is 29.8 Å². The molecule has 0 atom stereocenters. The van der Waals surface area contributed by atoms with Gasteiger partial charge in [-0.15, -0.1) is 10.2 Å². The molecule has 1 saturated carbocycles. The molecule has 0 saturated heterocycles. The molecule has 0 aliphatic heterocycles. The topological polar surface area (TPSA) is 71.8 Å². The Kier molecular flexibility index (Phi) is 4.35. The fourth-order valence-electron chi connectivity index (χ4n) is 3.19. The predicted molar refractivity (Wildman–Crippen MR) is 101 cm³/mol. The maximum atomic E-state index is 13.1. The monoisotopic (exact) mass is 365 g/mol. The van der Waals surface area contributed by atoms with Crippen LogP contribution in [0.5, 0.6) is 0 Å². The summed E-state index contributed by atoms with van der Waals surface area (Å²) in [4.78, 5) is 12.2. The van der Waals surface area contributed by atoms with Gasteiger partial charge in [0.25, 0.3) is 0 Å². The molecular formula is C20H20FN5O. The van der Waals surface area contributed by atoms with Crippen molar-refractivity contribution in [3.63, 3.8) is 0 Å². The summed E-state index contributed by atoms with van der Waals surface area (Å²) < 4.78 is 14.9. The molecule has 1 aliphatic carbocycles. The lowest BCUT2D eigenvalue weighted by atomic mass is 9.96. The average molecular weight is 365 g/mol. The molecule has 2 N–H and O–H groups in total. The van der Waals surface area contributed by atoms with Crippen LogP contribution in [-0.4, -0.2) is 27.3 Å². The van der Waals surface area contributed by atoms with Crippen molar-refractivity contribution in [2.45, 2.75) is 18.3 Å². The van der Waals surface area contributed by atoms with Crippen molar-refractivity contribution >= 4 is 11.7 Å². The molecule has 6 nitrogen and oxygen atoms in total. The van der Waals surface area contributed by atoms with Crippen LogP contribution in [0.1, 0.15) is 18.4 Å². The maximum Gasteiger partial charge on any atom is 0.319 e. The third-order valence-electron chi connectivity index (χ3n) is 5.01. The van der Waals surface area contributed by atoms with Gasteiger partial charge in [-0.05, 0) is 54.8 Å². The standard InChI is InChI=1S/C20H20FN5O/c1-26-13-23-25-18(26)14-2-8-17(9-3-14)24-19(27)22-12-20(10-11-20)15-4-6-16(21)7-5-15/h2-9,13H,10-12H2,1H3,(H2,22,24,27). The van der Waals surface area contributed by atoms with E-state index >= 15 is 0 Å². The van der Waals surface area contributed by atoms with Crippen LogP contribution in [0.25, 0.3) is 11.4 Å². The number of carbonyl (C=O) groups is 1. The Bertz CT molecular complexity index is 945. The molecule has 4 rings (SSSR count). The zero-order valence-corrected chi connectivity index (χ0v) is 14.9. The minimum Gasteiger partial charge on any atom is -0.337 e. The highest BCUT2D eigenvalue weighted by molar-refractivity contribution is 5.89. The summed E-state index contributed by atoms with van der Waals surface area (Å²) in [5, 5.41) is 13.7. The number of nitrogens with zero attached hydrogens (tertiary/aromatic N) is 3. The zero-order chi connectivity index (χ0) is 18.9. The third-order valence-corrected chi connectivity index (χ3v) is 5.01. The lowest BCUT2D eigenvalue weighted by molar-refractivity contribution is 0.251. The minimum absolute atomic E-state index is 0.0693. The molecule has 7 heteroatoms. The molecule has 1 aromatic heterocycles. The van der Waals surface area contributed by atoms with Crippen LogP contribution in [0.3, 0.4) is 0 Å². The highest BCUT2D eigenvalue weighted by atomic mass is 19.1. The maximum absolute atomic E-state index is 13.1. The Morgan fingerprint density at radius 1 is 1.15 bits per heavy atom. The van der Waals surface area contributed by atoms with Gasteiger partial charge in [-0.25, -0.2) is 9.18 Å². The first-order chi connectivity index (χ1) is 13.1. The Hall–Kier alpha value is -3.22. The van der Waals surface area contributed by atoms with Crippen LogP contribution in [0.15, 0.2) is 54.9 Å². The summed E-state index contributed by atoms with van der Waals surface area (Å²) in [7, 11) is 1.88. The highest BCUT2D eigenvalue weighted by Crippen LogP contribution is 2.47. The lowest BCUT2D eigenvalue weighted by Crippen LogP contribution is -2.35. The molecule has 3 aromatic rings. The predicted octanol–water partition coefficient (Wildman–Crippen LogP) is 3.47. The van der Waals surface area contributed by atoms with E-state index in [0.29, 0.717) is 12.2 Å². The number of hydrogen-bond acceptors (Lipinski definition) is 3. The number of anilines is 1. The van der Waals surface area contributed by atoms with E-state index in [1.807, 2.05) is 35.9 Å². The van der Waals surface area contributed by atoms with Crippen molar-refractivity contribution in [1.29, 1.82) is 0 Å². The van der Waals surface area contributed by atoms with Crippen LogP contribution in [0, 0.1) is 5.82 Å². The number of aromatic nitrogens is 3. The van der Waals surface area contributed by atoms with Crippen molar-refractivity contribution in [3.8, 4) is 11.4 Å². The number of hydrogen-bond donors (Lipinski definition) is 2. The molecule has 1 fully saturated rings. The van der Waals surface area contributed by atoms with Gasteiger partial charge in [-0.2, -0.15) is 0 Å². The average Bonchev–Trinajstić information content (AvgIpc) is 3.35. The largest absolute Gasteiger partial charge is 0.337 e. The van der Waals surface area contributed by atoms with Gasteiger partial charge in [0.05, 0.1) is 0 Å². The summed E-state index contributed by atoms with van der Waals surface area (Å²) in [6.07, 6.45) is 3.63. The van der Waals surface area contributed by atoms with Crippen LogP contribution in [0.4, 0.5) is 14.9 Å². The molecule has 0 bridgehead atoms. The van der Waals surface area contributed by atoms with Crippen LogP contribution in [-0.2, 0) is 12.5 Å². The van der Waals surface area contributed by atoms with Crippen molar-refractivity contribution in [2.24, 2.45) is 7.05 Å². The second-order valence-electron chi connectivity index (χ2n) is 6.94. The quantitative estimate of drug-likeness (QED) is 0.727. The molecule has 1 heterocycles. The number of nitrogens with one attached hydrogen (secondary N) is 2. The Balaban J connectivity index is 1.34. The van der Waals surface area contributed by atoms with Crippen molar-refractivity contribution < 1.29 is 9.18 Å². The second kappa shape index (κ2) is 6.83. The van der Waals surface area contributed by atoms with E-state index in [4.69, 9.17) is 0 Å². The highest BCUT2D eigenvalue weighted by Gasteiger charge is 2.44. The van der Waals surface area contributed by atoms with E-state index in [-0.39, 0.29) is 17.3 Å². The number of amides is 2. The van der Waals surface area contributed by atoms with Gasteiger partial charge in [-0.3, -0.25) is 0 Å². The van der Waals surface area contributed by atoms with Crippen molar-refractivity contribution in [1.82, 2.24) is 20.1 Å². The molecule has 1 aliphatic rings. The Morgan fingerprint density at radius 3 is 2.44 bits per heavy atom. The molecule has 0 unspecified atom stereocenters. The van der Waals surface area contributed by atoms with Gasteiger partial charge in [-0.1, -0.05) is 12.1 Å². The smallest absolute Gasteiger partial charge is 0.319 e. The summed E-state index contributed by atoms with van der Waals surface area (Å²) >= 11 is 0. The summed E-state index contributed by atoms with van der Waals surface area (Å²) in [5.41, 5.74) is 2.62. The van der Waals surface area contributed by atoms with Crippen LogP contribution < -0.4 is 10.6 Å². The summed E-state index contributed by atoms with van der Waals surface area (Å²) in [6.45, 7) is 0.529. The lowest BCUT2D eigenvalue weighted by Gasteiger charge is -2.17. The van der Waals surface area contributed by atoms with Crippen molar-refractivity contribution in [3.05, 3.63) is 66.2 Å². The van der Waals surface area contributed by atoms with E-state index in [1.54, 1.807) is 18.5 Å². The van der Waals surface area contributed by atoms with Gasteiger partial charge in [0.15, 0.2) is 5.82 Å². The Morgan fingerprint density at radius 2 is 1.85 bits per heavy atom. The number of aryl methyl sites for hydroxylation is 1. The summed E-state index contributed by atoms with van der Waals surface area (Å²) in [6, 6.07) is 13.7. The van der Waals surface area contributed by atoms with E-state index in [9.17, 15) is 9.18 Å². The molecule has 2 aromatic carbocycles. The van der Waals surface area contributed by atoms with Crippen LogP contribution in [0.2, 0.25) is 0 Å². The molecule has 0 spiro atoms. The number of rotatable bonds is 5. The van der Waals surface area contributed by atoms with Crippen molar-refractivity contribution in [2.75, 3.05) is 11.9 Å². The van der Waals surface area contributed by atoms with Gasteiger partial charge >= 0.3 is 6.03 Å². The number of urea groups is 1. The van der Waals surface area contributed by atoms with E-state index in [2.05, 4.69) is 20.8 Å². The second-order valence-corrected chi connectivity index (χ2v) is 6.94. The first-order valence-corrected chi connectivity index (χ1v) is 8.81. The molecular weight excluding hydrogens is 345 g/mol. The van der Waals surface area contributed by atoms with Gasteiger partial charge in [0, 0.05) is 30.3 Å². The fourth-order valence-corrected chi connectivity index (χ4v) is 3.19. The van der Waals surface area contributed by atoms with Crippen LogP contribution >= 0.6 is 0 Å². The van der Waals surface area contributed by atoms with Gasteiger partial charge < -0.3 is 15.2 Å². The van der Waals surface area contributed by atoms with E-state index < -0.39 is 0 Å². The third kappa shape index (κ3) is 3.67. The first-order valence-electron chi connectivity index (χ1n) is 8.81. The number of halogens is 1. The Labute approximate surface area is 156 Å². The zero-order valence-electron chi connectivity index (χ0n) is 14.9.